The molecule has 0 atom stereocenters. The van der Waals surface area contributed by atoms with Gasteiger partial charge in [-0.25, -0.2) is 4.98 Å². The predicted molar refractivity (Wildman–Crippen MR) is 98.4 cm³/mol. The number of halogens is 3. The normalized spacial score (nSPS) is 10.0. The van der Waals surface area contributed by atoms with Crippen LogP contribution in [0.3, 0.4) is 0 Å². The van der Waals surface area contributed by atoms with Gasteiger partial charge in [0, 0.05) is 17.8 Å². The molecule has 0 spiro atoms. The van der Waals surface area contributed by atoms with E-state index in [1.165, 1.54) is 0 Å². The number of aromatic nitrogens is 1. The minimum atomic E-state index is 0.356. The molecule has 8 heteroatoms. The fourth-order valence-corrected chi connectivity index (χ4v) is 2.78. The highest BCUT2D eigenvalue weighted by Crippen LogP contribution is 2.31. The van der Waals surface area contributed by atoms with E-state index >= 15 is 0 Å². The zero-order valence-corrected chi connectivity index (χ0v) is 14.8. The molecule has 0 aliphatic carbocycles. The smallest absolute Gasteiger partial charge is 0.171 e. The van der Waals surface area contributed by atoms with E-state index in [1.54, 1.807) is 30.5 Å². The molecule has 118 valence electrons. The van der Waals surface area contributed by atoms with Crippen molar-refractivity contribution in [3.63, 3.8) is 0 Å². The monoisotopic (exact) mass is 384 g/mol. The molecule has 2 N–H and O–H groups in total. The molecule has 0 aliphatic rings. The Bertz CT molecular complexity index is 774. The third-order valence-electron chi connectivity index (χ3n) is 2.96. The zero-order chi connectivity index (χ0) is 16.8. The molecule has 2 rings (SSSR count). The van der Waals surface area contributed by atoms with Crippen LogP contribution in [0.2, 0.25) is 15.1 Å². The minimum Gasteiger partial charge on any atom is -0.362 e. The second kappa shape index (κ2) is 8.32. The topological polar surface area (TPSA) is 60.7 Å². The van der Waals surface area contributed by atoms with Crippen LogP contribution in [0.4, 0.5) is 5.82 Å². The lowest BCUT2D eigenvalue weighted by atomic mass is 10.1. The molecule has 2 aromatic rings. The van der Waals surface area contributed by atoms with Gasteiger partial charge in [0.25, 0.3) is 0 Å². The lowest BCUT2D eigenvalue weighted by molar-refractivity contribution is 0.873. The molecule has 1 aromatic carbocycles. The third kappa shape index (κ3) is 4.69. The zero-order valence-electron chi connectivity index (χ0n) is 11.7. The summed E-state index contributed by atoms with van der Waals surface area (Å²) in [5.74, 6) is 0.409. The van der Waals surface area contributed by atoms with Gasteiger partial charge >= 0.3 is 0 Å². The van der Waals surface area contributed by atoms with Crippen LogP contribution in [0.5, 0.6) is 0 Å². The van der Waals surface area contributed by atoms with Gasteiger partial charge in [0.05, 0.1) is 15.6 Å². The van der Waals surface area contributed by atoms with Crippen LogP contribution in [0.15, 0.2) is 30.5 Å². The lowest BCUT2D eigenvalue weighted by Crippen LogP contribution is -2.30. The van der Waals surface area contributed by atoms with Gasteiger partial charge in [-0.2, -0.15) is 5.26 Å². The van der Waals surface area contributed by atoms with Gasteiger partial charge in [0.2, 0.25) is 0 Å². The summed E-state index contributed by atoms with van der Waals surface area (Å²) in [4.78, 5) is 4.07. The van der Waals surface area contributed by atoms with Crippen molar-refractivity contribution in [2.75, 3.05) is 11.9 Å². The molecular weight excluding hydrogens is 375 g/mol. The summed E-state index contributed by atoms with van der Waals surface area (Å²) in [5.41, 5.74) is 1.17. The molecule has 4 nitrogen and oxygen atoms in total. The Morgan fingerprint density at radius 2 is 1.96 bits per heavy atom. The number of hydrogen-bond acceptors (Lipinski definition) is 3. The minimum absolute atomic E-state index is 0.356. The predicted octanol–water partition coefficient (Wildman–Crippen LogP) is 4.44. The largest absolute Gasteiger partial charge is 0.362 e. The Morgan fingerprint density at radius 1 is 1.22 bits per heavy atom. The molecular formula is C15H11Cl3N4S. The number of thiocarbonyl (C=S) groups is 1. The highest BCUT2D eigenvalue weighted by molar-refractivity contribution is 7.80. The van der Waals surface area contributed by atoms with Gasteiger partial charge in [0.1, 0.15) is 11.9 Å². The number of pyridine rings is 1. The van der Waals surface area contributed by atoms with Crippen LogP contribution in [-0.2, 0) is 6.42 Å². The van der Waals surface area contributed by atoms with E-state index in [0.717, 1.165) is 5.56 Å². The standard InChI is InChI=1S/C15H11Cl3N4S/c16-11-3-4-12(17)13(18)10(11)5-7-21-15(23)22-14-9(8-19)2-1-6-20-14/h1-4,6H,5,7H2,(H2,20,21,22,23). The first kappa shape index (κ1) is 17.8. The SMILES string of the molecule is N#Cc1cccnc1NC(=S)NCCc1c(Cl)ccc(Cl)c1Cl. The molecule has 0 radical (unpaired) electrons. The van der Waals surface area contributed by atoms with Crippen molar-refractivity contribution >= 4 is 58.0 Å². The molecule has 0 fully saturated rings. The number of hydrogen-bond donors (Lipinski definition) is 2. The number of anilines is 1. The number of rotatable bonds is 4. The summed E-state index contributed by atoms with van der Waals surface area (Å²) < 4.78 is 0. The molecule has 1 aromatic heterocycles. The lowest BCUT2D eigenvalue weighted by Gasteiger charge is -2.12. The van der Waals surface area contributed by atoms with E-state index in [-0.39, 0.29) is 0 Å². The summed E-state index contributed by atoms with van der Waals surface area (Å²) in [5, 5.41) is 16.7. The average Bonchev–Trinajstić information content (AvgIpc) is 2.55. The van der Waals surface area contributed by atoms with Crippen LogP contribution >= 0.6 is 47.0 Å². The van der Waals surface area contributed by atoms with Gasteiger partial charge < -0.3 is 10.6 Å². The Labute approximate surface area is 154 Å². The second-order valence-electron chi connectivity index (χ2n) is 4.46. The molecule has 1 heterocycles. The van der Waals surface area contributed by atoms with Gasteiger partial charge in [-0.3, -0.25) is 0 Å². The summed E-state index contributed by atoms with van der Waals surface area (Å²) in [7, 11) is 0. The Morgan fingerprint density at radius 3 is 2.70 bits per heavy atom. The molecule has 0 aliphatic heterocycles. The van der Waals surface area contributed by atoms with Crippen molar-refractivity contribution in [1.29, 1.82) is 5.26 Å². The van der Waals surface area contributed by atoms with E-state index in [1.807, 2.05) is 6.07 Å². The Kier molecular flexibility index (Phi) is 6.43. The summed E-state index contributed by atoms with van der Waals surface area (Å²) >= 11 is 23.4. The maximum atomic E-state index is 9.01. The van der Waals surface area contributed by atoms with Gasteiger partial charge in [0.15, 0.2) is 5.11 Å². The fraction of sp³-hybridized carbons (Fsp3) is 0.133. The number of nitrogens with one attached hydrogen (secondary N) is 2. The summed E-state index contributed by atoms with van der Waals surface area (Å²) in [6.45, 7) is 0.500. The second-order valence-corrected chi connectivity index (χ2v) is 6.06. The van der Waals surface area contributed by atoms with Crippen molar-refractivity contribution in [2.24, 2.45) is 0 Å². The van der Waals surface area contributed by atoms with E-state index < -0.39 is 0 Å². The fourth-order valence-electron chi connectivity index (χ4n) is 1.85. The maximum Gasteiger partial charge on any atom is 0.171 e. The van der Waals surface area contributed by atoms with Crippen molar-refractivity contribution in [1.82, 2.24) is 10.3 Å². The molecule has 0 saturated carbocycles. The van der Waals surface area contributed by atoms with Crippen LogP contribution < -0.4 is 10.6 Å². The summed E-state index contributed by atoms with van der Waals surface area (Å²) in [6.07, 6.45) is 2.13. The maximum absolute atomic E-state index is 9.01. The van der Waals surface area contributed by atoms with E-state index in [4.69, 9.17) is 52.3 Å². The Balaban J connectivity index is 1.94. The average molecular weight is 386 g/mol. The first-order valence-corrected chi connectivity index (χ1v) is 8.09. The third-order valence-corrected chi connectivity index (χ3v) is 4.40. The van der Waals surface area contributed by atoms with Crippen molar-refractivity contribution in [3.8, 4) is 6.07 Å². The van der Waals surface area contributed by atoms with Crippen LogP contribution in [0.25, 0.3) is 0 Å². The molecule has 0 bridgehead atoms. The number of benzene rings is 1. The van der Waals surface area contributed by atoms with E-state index in [0.29, 0.717) is 44.5 Å². The number of nitriles is 1. The van der Waals surface area contributed by atoms with Crippen LogP contribution in [0, 0.1) is 11.3 Å². The van der Waals surface area contributed by atoms with Crippen molar-refractivity contribution < 1.29 is 0 Å². The van der Waals surface area contributed by atoms with E-state index in [9.17, 15) is 0 Å². The molecule has 0 saturated heterocycles. The molecule has 0 amide bonds. The first-order valence-electron chi connectivity index (χ1n) is 6.55. The van der Waals surface area contributed by atoms with Crippen molar-refractivity contribution in [2.45, 2.75) is 6.42 Å². The summed E-state index contributed by atoms with van der Waals surface area (Å²) in [6, 6.07) is 8.74. The highest BCUT2D eigenvalue weighted by Gasteiger charge is 2.10. The quantitative estimate of drug-likeness (QED) is 0.602. The highest BCUT2D eigenvalue weighted by atomic mass is 35.5. The van der Waals surface area contributed by atoms with E-state index in [2.05, 4.69) is 15.6 Å². The first-order chi connectivity index (χ1) is 11.0. The van der Waals surface area contributed by atoms with Gasteiger partial charge in [-0.05, 0) is 48.5 Å². The van der Waals surface area contributed by atoms with Crippen LogP contribution in [-0.4, -0.2) is 16.6 Å². The molecule has 23 heavy (non-hydrogen) atoms. The Hall–Kier alpha value is -1.58. The van der Waals surface area contributed by atoms with Crippen LogP contribution in [0.1, 0.15) is 11.1 Å². The van der Waals surface area contributed by atoms with Gasteiger partial charge in [-0.15, -0.1) is 0 Å². The van der Waals surface area contributed by atoms with Gasteiger partial charge in [-0.1, -0.05) is 34.8 Å². The molecule has 0 unspecified atom stereocenters. The van der Waals surface area contributed by atoms with Crippen molar-refractivity contribution in [3.05, 3.63) is 56.7 Å². The number of nitrogens with zero attached hydrogens (tertiary/aromatic N) is 2.